The molecule has 1 fully saturated rings. The second kappa shape index (κ2) is 5.66. The highest BCUT2D eigenvalue weighted by atomic mass is 32.2. The minimum absolute atomic E-state index is 0.000369. The van der Waals surface area contributed by atoms with Gasteiger partial charge in [-0.3, -0.25) is 0 Å². The molecule has 0 unspecified atom stereocenters. The van der Waals surface area contributed by atoms with Crippen molar-refractivity contribution < 1.29 is 16.8 Å². The Bertz CT molecular complexity index is 654. The van der Waals surface area contributed by atoms with Crippen LogP contribution in [0.4, 0.5) is 5.82 Å². The molecule has 1 aromatic rings. The number of hydrogen-bond acceptors (Lipinski definition) is 6. The smallest absolute Gasteiger partial charge is 0.244 e. The minimum Gasteiger partial charge on any atom is -0.370 e. The molecule has 2 rings (SSSR count). The molecule has 9 heteroatoms. The third-order valence-electron chi connectivity index (χ3n) is 3.04. The Morgan fingerprint density at radius 2 is 1.95 bits per heavy atom. The summed E-state index contributed by atoms with van der Waals surface area (Å²) in [4.78, 5) is 4.10. The lowest BCUT2D eigenvalue weighted by Crippen LogP contribution is -2.43. The first-order valence-corrected chi connectivity index (χ1v) is 9.52. The number of hydrogen-bond donors (Lipinski definition) is 1. The van der Waals surface area contributed by atoms with E-state index in [0.717, 1.165) is 0 Å². The Hall–Kier alpha value is -1.19. The topological polar surface area (TPSA) is 96.4 Å². The molecule has 0 aliphatic carbocycles. The molecular formula is C11H17N3O4S2. The number of anilines is 1. The van der Waals surface area contributed by atoms with Crippen molar-refractivity contribution in [3.8, 4) is 0 Å². The summed E-state index contributed by atoms with van der Waals surface area (Å²) in [6.07, 6.45) is 1.29. The van der Waals surface area contributed by atoms with Gasteiger partial charge in [-0.25, -0.2) is 21.8 Å². The fourth-order valence-electron chi connectivity index (χ4n) is 1.90. The molecule has 2 heterocycles. The van der Waals surface area contributed by atoms with Gasteiger partial charge in [0.15, 0.2) is 9.84 Å². The first-order valence-electron chi connectivity index (χ1n) is 6.25. The normalized spacial score (nSPS) is 19.6. The van der Waals surface area contributed by atoms with Gasteiger partial charge in [0.1, 0.15) is 10.7 Å². The van der Waals surface area contributed by atoms with Crippen LogP contribution in [-0.2, 0) is 19.9 Å². The van der Waals surface area contributed by atoms with Gasteiger partial charge in [-0.05, 0) is 19.1 Å². The summed E-state index contributed by atoms with van der Waals surface area (Å²) in [6.45, 7) is 2.61. The molecule has 0 atom stereocenters. The summed E-state index contributed by atoms with van der Waals surface area (Å²) in [7, 11) is -6.77. The second-order valence-corrected chi connectivity index (χ2v) is 8.71. The second-order valence-electron chi connectivity index (χ2n) is 4.47. The molecule has 0 radical (unpaired) electrons. The van der Waals surface area contributed by atoms with Gasteiger partial charge >= 0.3 is 0 Å². The Balaban J connectivity index is 2.18. The van der Waals surface area contributed by atoms with Crippen LogP contribution < -0.4 is 5.32 Å². The molecule has 112 valence electrons. The van der Waals surface area contributed by atoms with Crippen LogP contribution in [0, 0.1) is 0 Å². The molecule has 1 aromatic heterocycles. The van der Waals surface area contributed by atoms with Crippen LogP contribution in [-0.4, -0.2) is 57.3 Å². The fraction of sp³-hybridized carbons (Fsp3) is 0.545. The van der Waals surface area contributed by atoms with E-state index in [0.29, 0.717) is 12.4 Å². The molecule has 0 saturated carbocycles. The minimum atomic E-state index is -3.67. The molecule has 0 amide bonds. The van der Waals surface area contributed by atoms with E-state index < -0.39 is 19.9 Å². The van der Waals surface area contributed by atoms with E-state index >= 15 is 0 Å². The van der Waals surface area contributed by atoms with Crippen LogP contribution in [0.1, 0.15) is 6.92 Å². The van der Waals surface area contributed by atoms with Crippen molar-refractivity contribution in [3.63, 3.8) is 0 Å². The fourth-order valence-corrected chi connectivity index (χ4v) is 4.72. The lowest BCUT2D eigenvalue weighted by molar-refractivity contribution is 0.430. The van der Waals surface area contributed by atoms with Gasteiger partial charge in [-0.2, -0.15) is 4.31 Å². The third-order valence-corrected chi connectivity index (χ3v) is 6.53. The predicted molar refractivity (Wildman–Crippen MR) is 75.8 cm³/mol. The van der Waals surface area contributed by atoms with Gasteiger partial charge in [0.25, 0.3) is 0 Å². The molecule has 1 N–H and O–H groups in total. The average Bonchev–Trinajstić information content (AvgIpc) is 2.39. The Kier molecular flexibility index (Phi) is 4.31. The van der Waals surface area contributed by atoms with Crippen LogP contribution >= 0.6 is 0 Å². The van der Waals surface area contributed by atoms with E-state index in [9.17, 15) is 16.8 Å². The standard InChI is InChI=1S/C11H17N3O4S2/c1-2-12-11-4-3-10(9-13-11)20(17,18)14-5-7-19(15,16)8-6-14/h3-4,9H,2,5-8H2,1H3,(H,12,13). The SMILES string of the molecule is CCNc1ccc(S(=O)(=O)N2CCS(=O)(=O)CC2)cn1. The van der Waals surface area contributed by atoms with Crippen molar-refractivity contribution in [2.45, 2.75) is 11.8 Å². The van der Waals surface area contributed by atoms with Crippen molar-refractivity contribution >= 4 is 25.7 Å². The maximum Gasteiger partial charge on any atom is 0.244 e. The number of nitrogens with one attached hydrogen (secondary N) is 1. The van der Waals surface area contributed by atoms with Gasteiger partial charge in [0.2, 0.25) is 10.0 Å². The van der Waals surface area contributed by atoms with Crippen LogP contribution in [0.25, 0.3) is 0 Å². The monoisotopic (exact) mass is 319 g/mol. The zero-order valence-electron chi connectivity index (χ0n) is 11.1. The van der Waals surface area contributed by atoms with Gasteiger partial charge in [0.05, 0.1) is 11.5 Å². The molecule has 0 bridgehead atoms. The van der Waals surface area contributed by atoms with Crippen molar-refractivity contribution in [2.24, 2.45) is 0 Å². The molecule has 7 nitrogen and oxygen atoms in total. The van der Waals surface area contributed by atoms with Crippen LogP contribution in [0.5, 0.6) is 0 Å². The van der Waals surface area contributed by atoms with E-state index in [1.165, 1.54) is 16.6 Å². The lowest BCUT2D eigenvalue weighted by atomic mass is 10.4. The van der Waals surface area contributed by atoms with Crippen LogP contribution in [0.3, 0.4) is 0 Å². The third kappa shape index (κ3) is 3.28. The van der Waals surface area contributed by atoms with E-state index in [1.807, 2.05) is 6.92 Å². The van der Waals surface area contributed by atoms with Gasteiger partial charge in [-0.15, -0.1) is 0 Å². The summed E-state index contributed by atoms with van der Waals surface area (Å²) in [5.41, 5.74) is 0. The summed E-state index contributed by atoms with van der Waals surface area (Å²) in [5, 5.41) is 2.98. The summed E-state index contributed by atoms with van der Waals surface area (Å²) in [6, 6.07) is 3.07. The van der Waals surface area contributed by atoms with Gasteiger partial charge in [-0.1, -0.05) is 0 Å². The molecule has 20 heavy (non-hydrogen) atoms. The summed E-state index contributed by atoms with van der Waals surface area (Å²) in [5.74, 6) is 0.345. The molecule has 0 spiro atoms. The lowest BCUT2D eigenvalue weighted by Gasteiger charge is -2.25. The molecular weight excluding hydrogens is 302 g/mol. The van der Waals surface area contributed by atoms with E-state index in [-0.39, 0.29) is 29.5 Å². The van der Waals surface area contributed by atoms with Crippen LogP contribution in [0.15, 0.2) is 23.2 Å². The Labute approximate surface area is 119 Å². The summed E-state index contributed by atoms with van der Waals surface area (Å²) >= 11 is 0. The number of aromatic nitrogens is 1. The van der Waals surface area contributed by atoms with Crippen LogP contribution in [0.2, 0.25) is 0 Å². The highest BCUT2D eigenvalue weighted by Crippen LogP contribution is 2.18. The Morgan fingerprint density at radius 1 is 1.30 bits per heavy atom. The zero-order chi connectivity index (χ0) is 14.8. The van der Waals surface area contributed by atoms with Gasteiger partial charge < -0.3 is 5.32 Å². The van der Waals surface area contributed by atoms with Gasteiger partial charge in [0, 0.05) is 25.8 Å². The Morgan fingerprint density at radius 3 is 2.45 bits per heavy atom. The highest BCUT2D eigenvalue weighted by Gasteiger charge is 2.31. The number of sulfone groups is 1. The quantitative estimate of drug-likeness (QED) is 0.834. The van der Waals surface area contributed by atoms with E-state index in [4.69, 9.17) is 0 Å². The zero-order valence-corrected chi connectivity index (χ0v) is 12.7. The van der Waals surface area contributed by atoms with Crippen molar-refractivity contribution in [2.75, 3.05) is 36.5 Å². The number of pyridine rings is 1. The summed E-state index contributed by atoms with van der Waals surface area (Å²) < 4.78 is 48.5. The number of rotatable bonds is 4. The molecule has 0 aromatic carbocycles. The van der Waals surface area contributed by atoms with Crippen molar-refractivity contribution in [1.82, 2.24) is 9.29 Å². The predicted octanol–water partition coefficient (Wildman–Crippen LogP) is -0.0675. The molecule has 1 aliphatic heterocycles. The number of sulfonamides is 1. The first kappa shape index (κ1) is 15.2. The average molecular weight is 319 g/mol. The number of nitrogens with zero attached hydrogens (tertiary/aromatic N) is 2. The van der Waals surface area contributed by atoms with E-state index in [2.05, 4.69) is 10.3 Å². The largest absolute Gasteiger partial charge is 0.370 e. The van der Waals surface area contributed by atoms with E-state index in [1.54, 1.807) is 6.07 Å². The highest BCUT2D eigenvalue weighted by molar-refractivity contribution is 7.92. The van der Waals surface area contributed by atoms with Crippen molar-refractivity contribution in [3.05, 3.63) is 18.3 Å². The first-order chi connectivity index (χ1) is 9.35. The maximum atomic E-state index is 12.3. The van der Waals surface area contributed by atoms with Crippen molar-refractivity contribution in [1.29, 1.82) is 0 Å². The maximum absolute atomic E-state index is 12.3. The molecule has 1 saturated heterocycles. The molecule has 1 aliphatic rings.